The predicted octanol–water partition coefficient (Wildman–Crippen LogP) is -0.315. The lowest BCUT2D eigenvalue weighted by Gasteiger charge is -2.08. The van der Waals surface area contributed by atoms with E-state index in [2.05, 4.69) is 0 Å². The third kappa shape index (κ3) is 3.91. The molecule has 0 saturated carbocycles. The number of hydrogen-bond donors (Lipinski definition) is 3. The van der Waals surface area contributed by atoms with Crippen molar-refractivity contribution < 1.29 is 31.9 Å². The van der Waals surface area contributed by atoms with Crippen molar-refractivity contribution in [1.82, 2.24) is 5.23 Å². The van der Waals surface area contributed by atoms with E-state index in [1.54, 1.807) is 9.95 Å². The van der Waals surface area contributed by atoms with Crippen LogP contribution in [0.15, 0.2) is 12.1 Å². The first kappa shape index (κ1) is 14.9. The maximum Gasteiger partial charge on any atom is 0.440 e. The highest BCUT2D eigenvalue weighted by Crippen LogP contribution is 2.20. The van der Waals surface area contributed by atoms with E-state index in [1.165, 1.54) is 0 Å². The molecule has 0 bridgehead atoms. The van der Waals surface area contributed by atoms with Gasteiger partial charge in [0, 0.05) is 6.07 Å². The molecule has 1 amide bonds. The van der Waals surface area contributed by atoms with E-state index in [0.29, 0.717) is 18.8 Å². The summed E-state index contributed by atoms with van der Waals surface area (Å²) in [5.74, 6) is -4.28. The van der Waals surface area contributed by atoms with Crippen molar-refractivity contribution in [3.05, 3.63) is 29.3 Å². The van der Waals surface area contributed by atoms with Crippen molar-refractivity contribution in [2.75, 3.05) is 4.72 Å². The van der Waals surface area contributed by atoms with Gasteiger partial charge in [-0.1, -0.05) is 0 Å². The Kier molecular flexibility index (Phi) is 4.43. The Bertz CT molecular complexity index is 622. The summed E-state index contributed by atoms with van der Waals surface area (Å²) >= 11 is 0. The van der Waals surface area contributed by atoms with Gasteiger partial charge in [-0.3, -0.25) is 9.52 Å². The highest BCUT2D eigenvalue weighted by molar-refractivity contribution is 8.16. The number of hydrogen-bond acceptors (Lipinski definition) is 4. The van der Waals surface area contributed by atoms with Crippen molar-refractivity contribution in [1.29, 1.82) is 0 Å². The van der Waals surface area contributed by atoms with E-state index in [-0.39, 0.29) is 6.41 Å². The average Bonchev–Trinajstić information content (AvgIpc) is 2.30. The van der Waals surface area contributed by atoms with Crippen LogP contribution in [0.5, 0.6) is 0 Å². The Balaban J connectivity index is 3.07. The van der Waals surface area contributed by atoms with Crippen LogP contribution in [0, 0.1) is 11.6 Å². The molecule has 0 fully saturated rings. The fraction of sp³-hybridized carbons (Fsp3) is 0. The van der Waals surface area contributed by atoms with Crippen LogP contribution in [0.1, 0.15) is 10.4 Å². The highest BCUT2D eigenvalue weighted by Gasteiger charge is 2.19. The Morgan fingerprint density at radius 2 is 1.95 bits per heavy atom. The number of carbonyl (C=O) groups excluding carboxylic acids is 1. The number of nitrogens with one attached hydrogen (secondary N) is 2. The van der Waals surface area contributed by atoms with Crippen LogP contribution in [0.25, 0.3) is 0 Å². The normalized spacial score (nSPS) is 10.6. The van der Waals surface area contributed by atoms with E-state index in [4.69, 9.17) is 5.11 Å². The van der Waals surface area contributed by atoms with E-state index in [0.717, 1.165) is 0 Å². The molecule has 0 aliphatic rings. The van der Waals surface area contributed by atoms with E-state index in [1.807, 2.05) is 0 Å². The Morgan fingerprint density at radius 1 is 1.32 bits per heavy atom. The first-order valence-electron chi connectivity index (χ1n) is 4.55. The molecule has 101 valence electrons. The lowest BCUT2D eigenvalue weighted by atomic mass is 10.2. The van der Waals surface area contributed by atoms with Gasteiger partial charge in [-0.15, -0.1) is 0 Å². The van der Waals surface area contributed by atoms with Gasteiger partial charge in [-0.25, -0.2) is 22.0 Å². The quantitative estimate of drug-likeness (QED) is 0.491. The first-order valence-corrected chi connectivity index (χ1v) is 6.09. The molecule has 19 heavy (non-hydrogen) atoms. The molecule has 0 spiro atoms. The number of carboxylic acids is 1. The maximum absolute atomic E-state index is 13.4. The minimum Gasteiger partial charge on any atom is -0.478 e. The molecule has 0 unspecified atom stereocenters. The van der Waals surface area contributed by atoms with Gasteiger partial charge in [0.2, 0.25) is 9.87 Å². The minimum absolute atomic E-state index is 0.0592. The highest BCUT2D eigenvalue weighted by atomic mass is 32.2. The van der Waals surface area contributed by atoms with Crippen molar-refractivity contribution in [2.45, 2.75) is 0 Å². The summed E-state index contributed by atoms with van der Waals surface area (Å²) in [6, 6.07) is 0.716. The van der Waals surface area contributed by atoms with E-state index in [9.17, 15) is 26.8 Å². The Hall–Kier alpha value is -2.17. The van der Waals surface area contributed by atoms with Crippen LogP contribution in [0.4, 0.5) is 14.5 Å². The van der Waals surface area contributed by atoms with Gasteiger partial charge < -0.3 is 10.3 Å². The molecule has 1 rings (SSSR count). The zero-order chi connectivity index (χ0) is 14.6. The maximum atomic E-state index is 13.4. The number of amides is 1. The second-order valence-corrected chi connectivity index (χ2v) is 4.70. The predicted molar refractivity (Wildman–Crippen MR) is 60.8 cm³/mol. The molecular weight excluding hydrogens is 285 g/mol. The number of halogens is 2. The molecule has 0 aliphatic carbocycles. The van der Waals surface area contributed by atoms with Gasteiger partial charge in [-0.05, 0) is 6.07 Å². The molecule has 0 atom stereocenters. The second kappa shape index (κ2) is 5.65. The zero-order valence-electron chi connectivity index (χ0n) is 9.05. The number of benzene rings is 1. The summed E-state index contributed by atoms with van der Waals surface area (Å²) in [5.41, 5.74) is -1.72. The van der Waals surface area contributed by atoms with Crippen LogP contribution >= 0.6 is 0 Å². The molecular formula is C8H6BF2N2O5S. The monoisotopic (exact) mass is 291 g/mol. The molecule has 11 heteroatoms. The molecule has 0 aromatic heterocycles. The van der Waals surface area contributed by atoms with Crippen LogP contribution in [0.2, 0.25) is 0 Å². The SMILES string of the molecule is O=CN[B]S(=O)(=O)Nc1cc(F)c(C(=O)O)cc1F. The van der Waals surface area contributed by atoms with Crippen molar-refractivity contribution >= 4 is 34.6 Å². The van der Waals surface area contributed by atoms with Gasteiger partial charge >= 0.3 is 12.7 Å². The number of anilines is 1. The molecule has 0 saturated heterocycles. The number of carbonyl (C=O) groups is 2. The topological polar surface area (TPSA) is 113 Å². The third-order valence-electron chi connectivity index (χ3n) is 1.83. The van der Waals surface area contributed by atoms with E-state index >= 15 is 0 Å². The van der Waals surface area contributed by atoms with Gasteiger partial charge in [0.1, 0.15) is 11.6 Å². The fourth-order valence-corrected chi connectivity index (χ4v) is 1.85. The van der Waals surface area contributed by atoms with Crippen LogP contribution in [0.3, 0.4) is 0 Å². The second-order valence-electron chi connectivity index (χ2n) is 3.17. The molecule has 0 aliphatic heterocycles. The number of carboxylic acid groups (broad SMARTS) is 1. The Labute approximate surface area is 106 Å². The van der Waals surface area contributed by atoms with Gasteiger partial charge in [0.25, 0.3) is 0 Å². The number of rotatable bonds is 6. The van der Waals surface area contributed by atoms with Crippen LogP contribution in [-0.2, 0) is 14.7 Å². The van der Waals surface area contributed by atoms with Crippen molar-refractivity contribution in [3.63, 3.8) is 0 Å². The van der Waals surface area contributed by atoms with Gasteiger partial charge in [-0.2, -0.15) is 0 Å². The zero-order valence-corrected chi connectivity index (χ0v) is 9.87. The first-order chi connectivity index (χ1) is 8.76. The smallest absolute Gasteiger partial charge is 0.440 e. The van der Waals surface area contributed by atoms with Gasteiger partial charge in [0.05, 0.1) is 11.3 Å². The largest absolute Gasteiger partial charge is 0.478 e. The summed E-state index contributed by atoms with van der Waals surface area (Å²) in [6.07, 6.45) is 0.0592. The molecule has 7 nitrogen and oxygen atoms in total. The molecule has 1 aromatic rings. The van der Waals surface area contributed by atoms with E-state index < -0.39 is 38.7 Å². The lowest BCUT2D eigenvalue weighted by molar-refractivity contribution is -0.108. The Morgan fingerprint density at radius 3 is 2.47 bits per heavy atom. The summed E-state index contributed by atoms with van der Waals surface area (Å²) in [7, 11) is -4.24. The summed E-state index contributed by atoms with van der Waals surface area (Å²) < 4.78 is 50.7. The summed E-state index contributed by atoms with van der Waals surface area (Å²) in [5, 5.41) is 10.2. The van der Waals surface area contributed by atoms with Crippen LogP contribution < -0.4 is 9.95 Å². The molecule has 3 N–H and O–H groups in total. The van der Waals surface area contributed by atoms with Gasteiger partial charge in [0.15, 0.2) is 6.41 Å². The summed E-state index contributed by atoms with van der Waals surface area (Å²) in [6.45, 7) is 0.322. The standard InChI is InChI=1S/C8H6BF2N2O5S/c10-5-2-7(6(11)1-4(5)8(15)16)13-19(17,18)9-12-3-14/h1-3,13H,(H,12,14)(H,15,16). The number of aromatic carboxylic acids is 1. The summed E-state index contributed by atoms with van der Waals surface area (Å²) in [4.78, 5) is 20.4. The van der Waals surface area contributed by atoms with Crippen LogP contribution in [-0.4, -0.2) is 32.6 Å². The minimum atomic E-state index is -4.24. The fourth-order valence-electron chi connectivity index (χ4n) is 1.09. The third-order valence-corrected chi connectivity index (χ3v) is 2.78. The van der Waals surface area contributed by atoms with Crippen molar-refractivity contribution in [2.24, 2.45) is 0 Å². The molecule has 1 aromatic carbocycles. The van der Waals surface area contributed by atoms with Crippen molar-refractivity contribution in [3.8, 4) is 0 Å². The molecule has 1 radical (unpaired) electrons. The lowest BCUT2D eigenvalue weighted by Crippen LogP contribution is -2.31. The molecule has 0 heterocycles. The average molecular weight is 291 g/mol.